The molecule has 1 atom stereocenters. The van der Waals surface area contributed by atoms with Crippen molar-refractivity contribution in [2.45, 2.75) is 25.6 Å². The summed E-state index contributed by atoms with van der Waals surface area (Å²) >= 11 is 6.14. The van der Waals surface area contributed by atoms with E-state index in [-0.39, 0.29) is 11.5 Å². The average molecular weight is 592 g/mol. The fourth-order valence-electron chi connectivity index (χ4n) is 4.54. The van der Waals surface area contributed by atoms with Crippen molar-refractivity contribution in [2.75, 3.05) is 7.11 Å². The quantitative estimate of drug-likeness (QED) is 0.197. The van der Waals surface area contributed by atoms with Crippen molar-refractivity contribution in [3.05, 3.63) is 124 Å². The number of halogens is 4. The molecule has 42 heavy (non-hydrogen) atoms. The lowest BCUT2D eigenvalue weighted by Crippen LogP contribution is -2.30. The van der Waals surface area contributed by atoms with E-state index in [1.807, 2.05) is 48.5 Å². The summed E-state index contributed by atoms with van der Waals surface area (Å²) in [6.07, 6.45) is -4.09. The molecule has 214 valence electrons. The number of methoxy groups -OCH3 is 1. The van der Waals surface area contributed by atoms with E-state index in [2.05, 4.69) is 15.5 Å². The number of nitrogens with zero attached hydrogens (tertiary/aromatic N) is 2. The number of hydrogen-bond donors (Lipinski definition) is 1. The zero-order valence-corrected chi connectivity index (χ0v) is 23.3. The number of aromatic nitrogens is 2. The number of carbonyl (C=O) groups is 1. The molecule has 0 aliphatic rings. The van der Waals surface area contributed by atoms with Crippen LogP contribution in [0.2, 0.25) is 5.02 Å². The summed E-state index contributed by atoms with van der Waals surface area (Å²) in [4.78, 5) is 17.9. The van der Waals surface area contributed by atoms with E-state index in [9.17, 15) is 18.0 Å². The summed E-state index contributed by atoms with van der Waals surface area (Å²) in [7, 11) is 1.43. The molecule has 0 saturated heterocycles. The highest BCUT2D eigenvalue weighted by Gasteiger charge is 2.30. The standard InChI is InChI=1S/C32H25ClF3N3O3/c1-19-37-31(42-39-19)28(16-20-6-8-21(9-7-20)23-4-3-5-26(33)17-23)38-30(40)27-18-24(12-15-29(27)41-2)22-10-13-25(14-11-22)32(34,35)36/h3-15,17-18,28H,16H2,1-2H3,(H,38,40)/t28-/m1/s1. The fraction of sp³-hybridized carbons (Fsp3) is 0.156. The minimum atomic E-state index is -4.44. The number of benzene rings is 4. The highest BCUT2D eigenvalue weighted by atomic mass is 35.5. The van der Waals surface area contributed by atoms with Crippen LogP contribution < -0.4 is 10.1 Å². The lowest BCUT2D eigenvalue weighted by Gasteiger charge is -2.17. The first-order valence-electron chi connectivity index (χ1n) is 12.9. The first kappa shape index (κ1) is 28.9. The van der Waals surface area contributed by atoms with Gasteiger partial charge in [0.05, 0.1) is 18.2 Å². The summed E-state index contributed by atoms with van der Waals surface area (Å²) in [5.74, 6) is 0.478. The van der Waals surface area contributed by atoms with Crippen LogP contribution in [0.3, 0.4) is 0 Å². The van der Waals surface area contributed by atoms with E-state index in [1.165, 1.54) is 19.2 Å². The summed E-state index contributed by atoms with van der Waals surface area (Å²) in [5.41, 5.74) is 3.39. The molecule has 0 aliphatic heterocycles. The lowest BCUT2D eigenvalue weighted by molar-refractivity contribution is -0.137. The molecule has 10 heteroatoms. The van der Waals surface area contributed by atoms with Gasteiger partial charge in [0.2, 0.25) is 5.89 Å². The van der Waals surface area contributed by atoms with E-state index in [0.29, 0.717) is 34.1 Å². The van der Waals surface area contributed by atoms with Gasteiger partial charge in [-0.1, -0.05) is 71.4 Å². The minimum Gasteiger partial charge on any atom is -0.496 e. The lowest BCUT2D eigenvalue weighted by atomic mass is 9.99. The predicted molar refractivity (Wildman–Crippen MR) is 153 cm³/mol. The fourth-order valence-corrected chi connectivity index (χ4v) is 4.73. The molecule has 5 rings (SSSR count). The van der Waals surface area contributed by atoms with Gasteiger partial charge in [-0.05, 0) is 71.1 Å². The molecule has 1 N–H and O–H groups in total. The molecule has 0 spiro atoms. The van der Waals surface area contributed by atoms with Crippen LogP contribution >= 0.6 is 11.6 Å². The third kappa shape index (κ3) is 6.63. The van der Waals surface area contributed by atoms with Gasteiger partial charge in [0.1, 0.15) is 11.8 Å². The summed E-state index contributed by atoms with van der Waals surface area (Å²) in [5, 5.41) is 7.49. The second-order valence-electron chi connectivity index (χ2n) is 9.61. The maximum Gasteiger partial charge on any atom is 0.416 e. The van der Waals surface area contributed by atoms with Crippen LogP contribution in [0.4, 0.5) is 13.2 Å². The monoisotopic (exact) mass is 591 g/mol. The molecule has 0 aliphatic carbocycles. The molecule has 1 amide bonds. The van der Waals surface area contributed by atoms with Crippen molar-refractivity contribution >= 4 is 17.5 Å². The Kier molecular flexibility index (Phi) is 8.31. The van der Waals surface area contributed by atoms with Crippen molar-refractivity contribution in [2.24, 2.45) is 0 Å². The highest BCUT2D eigenvalue weighted by molar-refractivity contribution is 6.30. The number of nitrogens with one attached hydrogen (secondary N) is 1. The molecule has 4 aromatic carbocycles. The maximum absolute atomic E-state index is 13.6. The van der Waals surface area contributed by atoms with Gasteiger partial charge in [0, 0.05) is 11.4 Å². The first-order chi connectivity index (χ1) is 20.1. The Morgan fingerprint density at radius 1 is 0.929 bits per heavy atom. The van der Waals surface area contributed by atoms with E-state index >= 15 is 0 Å². The Balaban J connectivity index is 1.41. The van der Waals surface area contributed by atoms with Crippen LogP contribution in [0.5, 0.6) is 5.75 Å². The molecule has 6 nitrogen and oxygen atoms in total. The van der Waals surface area contributed by atoms with Crippen molar-refractivity contribution in [1.82, 2.24) is 15.5 Å². The van der Waals surface area contributed by atoms with Crippen molar-refractivity contribution in [1.29, 1.82) is 0 Å². The van der Waals surface area contributed by atoms with Gasteiger partial charge in [-0.25, -0.2) is 0 Å². The van der Waals surface area contributed by atoms with Crippen LogP contribution in [0.25, 0.3) is 22.3 Å². The number of hydrogen-bond acceptors (Lipinski definition) is 5. The molecule has 0 unspecified atom stereocenters. The Bertz CT molecular complexity index is 1700. The Labute approximate surface area is 245 Å². The van der Waals surface area contributed by atoms with E-state index in [1.54, 1.807) is 25.1 Å². The maximum atomic E-state index is 13.6. The SMILES string of the molecule is COc1ccc(-c2ccc(C(F)(F)F)cc2)cc1C(=O)N[C@H](Cc1ccc(-c2cccc(Cl)c2)cc1)c1nc(C)no1. The largest absolute Gasteiger partial charge is 0.496 e. The normalized spacial score (nSPS) is 12.1. The van der Waals surface area contributed by atoms with Gasteiger partial charge in [-0.2, -0.15) is 18.2 Å². The van der Waals surface area contributed by atoms with Gasteiger partial charge >= 0.3 is 6.18 Å². The zero-order chi connectivity index (χ0) is 29.9. The second-order valence-corrected chi connectivity index (χ2v) is 10.0. The molecule has 0 saturated carbocycles. The predicted octanol–water partition coefficient (Wildman–Crippen LogP) is 8.11. The van der Waals surface area contributed by atoms with Gasteiger partial charge < -0.3 is 14.6 Å². The number of carbonyl (C=O) groups excluding carboxylic acids is 1. The zero-order valence-electron chi connectivity index (χ0n) is 22.6. The van der Waals surface area contributed by atoms with Gasteiger partial charge in [-0.3, -0.25) is 4.79 Å². The smallest absolute Gasteiger partial charge is 0.416 e. The van der Waals surface area contributed by atoms with Crippen molar-refractivity contribution in [3.63, 3.8) is 0 Å². The Morgan fingerprint density at radius 3 is 2.17 bits per heavy atom. The number of rotatable bonds is 8. The average Bonchev–Trinajstić information content (AvgIpc) is 3.42. The third-order valence-corrected chi connectivity index (χ3v) is 6.92. The Hall–Kier alpha value is -4.63. The van der Waals surface area contributed by atoms with E-state index < -0.39 is 23.7 Å². The molecule has 5 aromatic rings. The molecular formula is C32H25ClF3N3O3. The van der Waals surface area contributed by atoms with E-state index in [4.69, 9.17) is 20.9 Å². The van der Waals surface area contributed by atoms with Crippen LogP contribution in [-0.4, -0.2) is 23.2 Å². The van der Waals surface area contributed by atoms with Crippen LogP contribution in [-0.2, 0) is 12.6 Å². The third-order valence-electron chi connectivity index (χ3n) is 6.69. The van der Waals surface area contributed by atoms with Gasteiger partial charge in [-0.15, -0.1) is 0 Å². The Morgan fingerprint density at radius 2 is 1.57 bits per heavy atom. The minimum absolute atomic E-state index is 0.201. The molecule has 0 bridgehead atoms. The molecule has 1 heterocycles. The van der Waals surface area contributed by atoms with E-state index in [0.717, 1.165) is 28.8 Å². The summed E-state index contributed by atoms with van der Waals surface area (Å²) < 4.78 is 49.9. The van der Waals surface area contributed by atoms with Gasteiger partial charge in [0.25, 0.3) is 5.91 Å². The number of ether oxygens (including phenoxy) is 1. The number of amides is 1. The van der Waals surface area contributed by atoms with Crippen LogP contribution in [0.15, 0.2) is 95.5 Å². The number of alkyl halides is 3. The topological polar surface area (TPSA) is 77.2 Å². The molecule has 1 aromatic heterocycles. The van der Waals surface area contributed by atoms with Crippen LogP contribution in [0.1, 0.15) is 39.2 Å². The first-order valence-corrected chi connectivity index (χ1v) is 13.3. The molecule has 0 radical (unpaired) electrons. The van der Waals surface area contributed by atoms with Crippen molar-refractivity contribution < 1.29 is 27.2 Å². The summed E-state index contributed by atoms with van der Waals surface area (Å²) in [6, 6.07) is 24.3. The second kappa shape index (κ2) is 12.1. The molecular weight excluding hydrogens is 567 g/mol. The molecule has 0 fully saturated rings. The van der Waals surface area contributed by atoms with Crippen molar-refractivity contribution in [3.8, 4) is 28.0 Å². The number of aryl methyl sites for hydroxylation is 1. The van der Waals surface area contributed by atoms with Crippen LogP contribution in [0, 0.1) is 6.92 Å². The van der Waals surface area contributed by atoms with Gasteiger partial charge in [0.15, 0.2) is 5.82 Å². The highest BCUT2D eigenvalue weighted by Crippen LogP contribution is 2.33. The summed E-state index contributed by atoms with van der Waals surface area (Å²) in [6.45, 7) is 1.68.